The molecular weight excluding hydrogens is 188 g/mol. The van der Waals surface area contributed by atoms with Crippen LogP contribution in [-0.4, -0.2) is 17.7 Å². The van der Waals surface area contributed by atoms with Crippen LogP contribution >= 0.6 is 0 Å². The molecule has 0 rings (SSSR count). The molecule has 0 atom stereocenters. The molecule has 0 aliphatic heterocycles. The van der Waals surface area contributed by atoms with Gasteiger partial charge in [0.1, 0.15) is 0 Å². The van der Waals surface area contributed by atoms with Gasteiger partial charge < -0.3 is 14.3 Å². The van der Waals surface area contributed by atoms with E-state index in [1.54, 1.807) is 0 Å². The van der Waals surface area contributed by atoms with Gasteiger partial charge in [-0.25, -0.2) is 0 Å². The maximum absolute atomic E-state index is 11.1. The molecule has 0 aromatic rings. The quantitative estimate of drug-likeness (QED) is 0.522. The number of primary amides is 1. The Labute approximate surface area is 81.1 Å². The molecule has 5 heteroatoms. The van der Waals surface area contributed by atoms with E-state index in [0.717, 1.165) is 12.8 Å². The summed E-state index contributed by atoms with van der Waals surface area (Å²) in [7, 11) is -1.08. The summed E-state index contributed by atoms with van der Waals surface area (Å²) in [4.78, 5) is 10.3. The number of unbranched alkanes of at least 4 members (excludes halogenated alkanes) is 1. The summed E-state index contributed by atoms with van der Waals surface area (Å²) < 4.78 is 15.0. The minimum Gasteiger partial charge on any atom is -0.444 e. The summed E-state index contributed by atoms with van der Waals surface area (Å²) in [6.45, 7) is 4.28. The maximum atomic E-state index is 11.1. The van der Waals surface area contributed by atoms with Crippen LogP contribution < -0.4 is 5.73 Å². The van der Waals surface area contributed by atoms with Gasteiger partial charge >= 0.3 is 0 Å². The highest BCUT2D eigenvalue weighted by molar-refractivity contribution is 7.75. The zero-order chi connectivity index (χ0) is 10.3. The topological polar surface area (TPSA) is 72.5 Å². The van der Waals surface area contributed by atoms with Gasteiger partial charge in [0.15, 0.2) is 0 Å². The van der Waals surface area contributed by atoms with E-state index in [1.165, 1.54) is 0 Å². The average Bonchev–Trinajstić information content (AvgIpc) is 2.02. The third-order valence-corrected chi connectivity index (χ3v) is 2.70. The number of carbonyl (C=O) groups excluding carboxylic acids is 1. The minimum atomic E-state index is -1.08. The number of nitrogens with two attached hydrogens (primary N) is 1. The summed E-state index contributed by atoms with van der Waals surface area (Å²) in [5.41, 5.74) is 4.95. The van der Waals surface area contributed by atoms with Gasteiger partial charge in [-0.2, -0.15) is 10.6 Å². The molecule has 0 fully saturated rings. The summed E-state index contributed by atoms with van der Waals surface area (Å²) in [6.07, 6.45) is 1.90. The van der Waals surface area contributed by atoms with Crippen LogP contribution in [0.3, 0.4) is 0 Å². The van der Waals surface area contributed by atoms with Crippen molar-refractivity contribution in [1.82, 2.24) is 0 Å². The van der Waals surface area contributed by atoms with Gasteiger partial charge in [-0.3, -0.25) is 4.79 Å². The lowest BCUT2D eigenvalue weighted by molar-refractivity contribution is -0.118. The molecule has 0 aromatic carbocycles. The second-order valence-electron chi connectivity index (χ2n) is 3.10. The third kappa shape index (κ3) is 7.77. The summed E-state index contributed by atoms with van der Waals surface area (Å²) in [5.74, 6) is -0.287. The molecule has 0 heterocycles. The van der Waals surface area contributed by atoms with Crippen LogP contribution in [0.5, 0.6) is 0 Å². The van der Waals surface area contributed by atoms with E-state index in [4.69, 9.17) is 5.73 Å². The Balaban J connectivity index is 3.51. The van der Waals surface area contributed by atoms with Crippen LogP contribution in [0.2, 0.25) is 0 Å². The van der Waals surface area contributed by atoms with Crippen LogP contribution in [0.15, 0.2) is 4.36 Å². The molecule has 0 saturated carbocycles. The summed E-state index contributed by atoms with van der Waals surface area (Å²) >= 11 is 0. The first-order valence-electron chi connectivity index (χ1n) is 4.40. The standard InChI is InChI=1S/C8H17N2O2S/c1-7(2)13(12)10-6-4-3-5-8(9)11/h7H,3-6H2,1-2H3,(H2,9,11)/q-1. The Hall–Kier alpha value is -0.580. The maximum Gasteiger partial charge on any atom is 0.217 e. The number of hydrogen-bond acceptors (Lipinski definition) is 4. The molecule has 78 valence electrons. The Bertz CT molecular complexity index is 232. The summed E-state index contributed by atoms with van der Waals surface area (Å²) in [6, 6.07) is 0. The van der Waals surface area contributed by atoms with Gasteiger partial charge in [-0.15, -0.1) is 0 Å². The third-order valence-electron chi connectivity index (χ3n) is 1.45. The Kier molecular flexibility index (Phi) is 6.58. The molecule has 0 bridgehead atoms. The van der Waals surface area contributed by atoms with Crippen molar-refractivity contribution in [3.8, 4) is 0 Å². The second-order valence-corrected chi connectivity index (χ2v) is 4.85. The molecule has 0 aliphatic carbocycles. The lowest BCUT2D eigenvalue weighted by Gasteiger charge is -2.07. The van der Waals surface area contributed by atoms with Crippen molar-refractivity contribution in [3.63, 3.8) is 0 Å². The van der Waals surface area contributed by atoms with Crippen molar-refractivity contribution in [3.05, 3.63) is 0 Å². The molecular formula is C8H17N2O2S-. The van der Waals surface area contributed by atoms with E-state index >= 15 is 0 Å². The van der Waals surface area contributed by atoms with Crippen molar-refractivity contribution >= 4 is 16.5 Å². The fourth-order valence-electron chi connectivity index (χ4n) is 0.715. The fraction of sp³-hybridized carbons (Fsp3) is 0.875. The van der Waals surface area contributed by atoms with E-state index < -0.39 is 10.6 Å². The molecule has 4 nitrogen and oxygen atoms in total. The van der Waals surface area contributed by atoms with E-state index in [0.29, 0.717) is 13.0 Å². The van der Waals surface area contributed by atoms with Crippen molar-refractivity contribution in [2.45, 2.75) is 38.4 Å². The molecule has 2 N–H and O–H groups in total. The van der Waals surface area contributed by atoms with Gasteiger partial charge in [0, 0.05) is 13.0 Å². The van der Waals surface area contributed by atoms with Gasteiger partial charge in [-0.05, 0) is 12.8 Å². The molecule has 0 saturated heterocycles. The van der Waals surface area contributed by atoms with E-state index in [1.807, 2.05) is 13.8 Å². The van der Waals surface area contributed by atoms with E-state index in [2.05, 4.69) is 4.36 Å². The molecule has 0 aliphatic rings. The Morgan fingerprint density at radius 1 is 1.46 bits per heavy atom. The number of hydrogen-bond donors (Lipinski definition) is 1. The number of rotatable bonds is 6. The lowest BCUT2D eigenvalue weighted by Crippen LogP contribution is -2.09. The predicted molar refractivity (Wildman–Crippen MR) is 53.5 cm³/mol. The van der Waals surface area contributed by atoms with Crippen LogP contribution in [0.1, 0.15) is 33.1 Å². The first kappa shape index (κ1) is 12.4. The predicted octanol–water partition coefficient (Wildman–Crippen LogP) is 1.20. The van der Waals surface area contributed by atoms with Crippen LogP contribution in [0.25, 0.3) is 0 Å². The number of amides is 1. The van der Waals surface area contributed by atoms with Crippen molar-refractivity contribution in [2.24, 2.45) is 10.1 Å². The van der Waals surface area contributed by atoms with Crippen molar-refractivity contribution in [1.29, 1.82) is 0 Å². The highest BCUT2D eigenvalue weighted by Crippen LogP contribution is 1.96. The number of nitrogens with zero attached hydrogens (tertiary/aromatic N) is 1. The SMILES string of the molecule is CC(C)[S-](=O)=NCCCCC(N)=O. The highest BCUT2D eigenvalue weighted by atomic mass is 32.2. The fourth-order valence-corrected chi connectivity index (χ4v) is 1.32. The molecule has 0 aromatic heterocycles. The molecule has 0 radical (unpaired) electrons. The zero-order valence-corrected chi connectivity index (χ0v) is 8.97. The first-order chi connectivity index (χ1) is 6.04. The van der Waals surface area contributed by atoms with Crippen LogP contribution in [-0.2, 0) is 19.6 Å². The molecule has 13 heavy (non-hydrogen) atoms. The Morgan fingerprint density at radius 3 is 2.54 bits per heavy atom. The first-order valence-corrected chi connectivity index (χ1v) is 5.57. The summed E-state index contributed by atoms with van der Waals surface area (Å²) in [5, 5.41) is 0.0798. The molecule has 0 unspecified atom stereocenters. The zero-order valence-electron chi connectivity index (χ0n) is 8.16. The van der Waals surface area contributed by atoms with Crippen LogP contribution in [0, 0.1) is 0 Å². The van der Waals surface area contributed by atoms with Gasteiger partial charge in [0.2, 0.25) is 5.91 Å². The van der Waals surface area contributed by atoms with Gasteiger partial charge in [0.05, 0.1) is 0 Å². The van der Waals surface area contributed by atoms with Crippen molar-refractivity contribution < 1.29 is 9.00 Å². The van der Waals surface area contributed by atoms with Crippen LogP contribution in [0.4, 0.5) is 0 Å². The van der Waals surface area contributed by atoms with Crippen molar-refractivity contribution in [2.75, 3.05) is 6.54 Å². The van der Waals surface area contributed by atoms with Gasteiger partial charge in [0.25, 0.3) is 0 Å². The second kappa shape index (κ2) is 6.88. The highest BCUT2D eigenvalue weighted by Gasteiger charge is 1.91. The normalized spacial score (nSPS) is 13.5. The van der Waals surface area contributed by atoms with E-state index in [-0.39, 0.29) is 11.2 Å². The minimum absolute atomic E-state index is 0.0798. The molecule has 0 spiro atoms. The molecule has 1 amide bonds. The monoisotopic (exact) mass is 205 g/mol. The average molecular weight is 205 g/mol. The van der Waals surface area contributed by atoms with Gasteiger partial charge in [-0.1, -0.05) is 19.1 Å². The van der Waals surface area contributed by atoms with E-state index in [9.17, 15) is 9.00 Å². The smallest absolute Gasteiger partial charge is 0.217 e. The lowest BCUT2D eigenvalue weighted by atomic mass is 10.2. The Morgan fingerprint density at radius 2 is 2.08 bits per heavy atom. The number of carbonyl (C=O) groups is 1. The largest absolute Gasteiger partial charge is 0.444 e.